The zero-order chi connectivity index (χ0) is 30.5. The van der Waals surface area contributed by atoms with E-state index >= 15 is 0 Å². The molecule has 6 rings (SSSR count). The molecule has 44 heavy (non-hydrogen) atoms. The van der Waals surface area contributed by atoms with Crippen LogP contribution in [0.3, 0.4) is 0 Å². The van der Waals surface area contributed by atoms with Crippen LogP contribution in [-0.4, -0.2) is 10.2 Å². The van der Waals surface area contributed by atoms with E-state index in [1.165, 1.54) is 12.1 Å². The van der Waals surface area contributed by atoms with Gasteiger partial charge in [-0.3, -0.25) is 0 Å². The zero-order valence-corrected chi connectivity index (χ0v) is 23.4. The third-order valence-electron chi connectivity index (χ3n) is 6.74. The van der Waals surface area contributed by atoms with Gasteiger partial charge in [0.05, 0.1) is 11.4 Å². The summed E-state index contributed by atoms with van der Waals surface area (Å²) in [7, 11) is 0. The lowest BCUT2D eigenvalue weighted by atomic mass is 9.99. The summed E-state index contributed by atoms with van der Waals surface area (Å²) in [5.74, 6) is 14.5. The highest BCUT2D eigenvalue weighted by Gasteiger charge is 2.16. The molecule has 0 amide bonds. The topological polar surface area (TPSA) is 111 Å². The predicted octanol–water partition coefficient (Wildman–Crippen LogP) is 7.80. The third kappa shape index (κ3) is 6.21. The van der Waals surface area contributed by atoms with E-state index in [-0.39, 0.29) is 22.9 Å². The Labute approximate surface area is 254 Å². The Bertz CT molecular complexity index is 2120. The van der Waals surface area contributed by atoms with Gasteiger partial charge in [-0.05, 0) is 72.8 Å². The maximum Gasteiger partial charge on any atom is 0.142 e. The highest BCUT2D eigenvalue weighted by atomic mass is 16.5. The summed E-state index contributed by atoms with van der Waals surface area (Å²) in [4.78, 5) is 0. The van der Waals surface area contributed by atoms with Gasteiger partial charge in [0.15, 0.2) is 0 Å². The number of anilines is 2. The average Bonchev–Trinajstić information content (AvgIpc) is 3.04. The van der Waals surface area contributed by atoms with Crippen LogP contribution >= 0.6 is 0 Å². The minimum Gasteiger partial charge on any atom is -0.506 e. The monoisotopic (exact) mass is 574 g/mol. The van der Waals surface area contributed by atoms with Gasteiger partial charge in [0, 0.05) is 45.2 Å². The second-order valence-electron chi connectivity index (χ2n) is 9.89. The third-order valence-corrected chi connectivity index (χ3v) is 6.74. The summed E-state index contributed by atoms with van der Waals surface area (Å²) in [6.07, 6.45) is 0. The van der Waals surface area contributed by atoms with Crippen LogP contribution in [0.15, 0.2) is 121 Å². The van der Waals surface area contributed by atoms with E-state index in [2.05, 4.69) is 23.7 Å². The summed E-state index contributed by atoms with van der Waals surface area (Å²) in [6, 6.07) is 36.2. The van der Waals surface area contributed by atoms with Crippen LogP contribution in [0.5, 0.6) is 34.5 Å². The van der Waals surface area contributed by atoms with Crippen molar-refractivity contribution in [3.8, 4) is 58.2 Å². The number of phenolic OH excluding ortho intramolecular Hbond substituents is 2. The first-order valence-electron chi connectivity index (χ1n) is 13.7. The summed E-state index contributed by atoms with van der Waals surface area (Å²) in [5, 5.41) is 21.8. The first-order chi connectivity index (χ1) is 21.4. The molecular weight excluding hydrogens is 548 g/mol. The normalized spacial score (nSPS) is 10.3. The lowest BCUT2D eigenvalue weighted by molar-refractivity contribution is 0.456. The van der Waals surface area contributed by atoms with Crippen LogP contribution in [0.1, 0.15) is 22.3 Å². The highest BCUT2D eigenvalue weighted by Crippen LogP contribution is 2.41. The van der Waals surface area contributed by atoms with Gasteiger partial charge in [0.25, 0.3) is 0 Å². The molecule has 0 aliphatic carbocycles. The van der Waals surface area contributed by atoms with E-state index in [1.807, 2.05) is 84.9 Å². The van der Waals surface area contributed by atoms with Crippen molar-refractivity contribution < 1.29 is 19.7 Å². The molecule has 0 unspecified atom stereocenters. The lowest BCUT2D eigenvalue weighted by Gasteiger charge is -2.16. The molecular formula is C38H26N2O4. The molecule has 0 aliphatic heterocycles. The van der Waals surface area contributed by atoms with E-state index < -0.39 is 0 Å². The molecule has 0 fully saturated rings. The summed E-state index contributed by atoms with van der Waals surface area (Å²) >= 11 is 0. The second kappa shape index (κ2) is 12.2. The fourth-order valence-electron chi connectivity index (χ4n) is 4.52. The summed E-state index contributed by atoms with van der Waals surface area (Å²) < 4.78 is 12.7. The van der Waals surface area contributed by atoms with Gasteiger partial charge in [-0.1, -0.05) is 60.1 Å². The number of nitrogens with two attached hydrogens (primary N) is 2. The van der Waals surface area contributed by atoms with E-state index in [4.69, 9.17) is 20.9 Å². The van der Waals surface area contributed by atoms with Crippen LogP contribution in [0.4, 0.5) is 11.4 Å². The van der Waals surface area contributed by atoms with Crippen molar-refractivity contribution in [3.63, 3.8) is 0 Å². The molecule has 0 radical (unpaired) electrons. The van der Waals surface area contributed by atoms with Crippen LogP contribution < -0.4 is 20.9 Å². The number of aromatic hydroxyl groups is 2. The van der Waals surface area contributed by atoms with Crippen molar-refractivity contribution in [2.45, 2.75) is 0 Å². The molecule has 6 heteroatoms. The largest absolute Gasteiger partial charge is 0.506 e. The quantitative estimate of drug-likeness (QED) is 0.0971. The first kappa shape index (κ1) is 27.7. The fraction of sp³-hybridized carbons (Fsp3) is 0. The molecule has 6 aromatic rings. The Morgan fingerprint density at radius 3 is 1.57 bits per heavy atom. The molecule has 212 valence electrons. The highest BCUT2D eigenvalue weighted by molar-refractivity contribution is 5.99. The second-order valence-corrected chi connectivity index (χ2v) is 9.89. The molecule has 0 bridgehead atoms. The minimum atomic E-state index is -0.0943. The van der Waals surface area contributed by atoms with Crippen molar-refractivity contribution in [1.29, 1.82) is 0 Å². The van der Waals surface area contributed by atoms with Crippen LogP contribution in [0.25, 0.3) is 10.8 Å². The van der Waals surface area contributed by atoms with Gasteiger partial charge < -0.3 is 31.2 Å². The number of hydrogen-bond acceptors (Lipinski definition) is 6. The Morgan fingerprint density at radius 2 is 1.00 bits per heavy atom. The van der Waals surface area contributed by atoms with Crippen LogP contribution in [0, 0.1) is 23.7 Å². The summed E-state index contributed by atoms with van der Waals surface area (Å²) in [5.41, 5.74) is 15.2. The van der Waals surface area contributed by atoms with Crippen molar-refractivity contribution in [2.75, 3.05) is 11.5 Å². The Kier molecular flexibility index (Phi) is 7.65. The average molecular weight is 575 g/mol. The molecule has 0 saturated carbocycles. The van der Waals surface area contributed by atoms with Crippen LogP contribution in [0.2, 0.25) is 0 Å². The van der Waals surface area contributed by atoms with Gasteiger partial charge in [-0.15, -0.1) is 0 Å². The number of ether oxygens (including phenoxy) is 2. The number of hydrogen-bond donors (Lipinski definition) is 4. The number of nitrogen functional groups attached to an aromatic ring is 2. The maximum atomic E-state index is 10.3. The van der Waals surface area contributed by atoms with E-state index in [0.29, 0.717) is 44.9 Å². The zero-order valence-electron chi connectivity index (χ0n) is 23.4. The molecule has 6 N–H and O–H groups in total. The standard InChI is InChI=1S/C38H26N2O4/c39-32-18-16-29(23-34(32)41)43-36-20-15-28(14-13-26-9-5-2-6-10-26)38-31(36)21-27(12-11-25-7-3-1-4-8-25)22-37(38)44-30-17-19-33(40)35(42)24-30/h1-10,15-24,41-42H,39-40H2. The van der Waals surface area contributed by atoms with E-state index in [9.17, 15) is 10.2 Å². The van der Waals surface area contributed by atoms with Gasteiger partial charge in [0.2, 0.25) is 0 Å². The van der Waals surface area contributed by atoms with E-state index in [0.717, 1.165) is 11.1 Å². The van der Waals surface area contributed by atoms with Gasteiger partial charge in [0.1, 0.15) is 34.5 Å². The number of fused-ring (bicyclic) bond motifs is 1. The Hall–Kier alpha value is -6.50. The molecule has 0 aromatic heterocycles. The van der Waals surface area contributed by atoms with Crippen molar-refractivity contribution in [2.24, 2.45) is 0 Å². The van der Waals surface area contributed by atoms with Gasteiger partial charge >= 0.3 is 0 Å². The molecule has 6 aromatic carbocycles. The number of phenols is 2. The first-order valence-corrected chi connectivity index (χ1v) is 13.7. The molecule has 0 heterocycles. The van der Waals surface area contributed by atoms with E-state index in [1.54, 1.807) is 24.3 Å². The number of rotatable bonds is 4. The number of benzene rings is 6. The van der Waals surface area contributed by atoms with Crippen LogP contribution in [-0.2, 0) is 0 Å². The smallest absolute Gasteiger partial charge is 0.142 e. The molecule has 0 saturated heterocycles. The van der Waals surface area contributed by atoms with Crippen molar-refractivity contribution >= 4 is 22.1 Å². The molecule has 0 aliphatic rings. The molecule has 0 spiro atoms. The predicted molar refractivity (Wildman–Crippen MR) is 174 cm³/mol. The molecule has 0 atom stereocenters. The lowest BCUT2D eigenvalue weighted by Crippen LogP contribution is -1.95. The summed E-state index contributed by atoms with van der Waals surface area (Å²) in [6.45, 7) is 0. The van der Waals surface area contributed by atoms with Gasteiger partial charge in [-0.2, -0.15) is 0 Å². The SMILES string of the molecule is Nc1ccc(Oc2ccc(C#Cc3ccccc3)c3c(Oc4ccc(N)c(O)c4)cc(C#Cc4ccccc4)cc23)cc1O. The Balaban J connectivity index is 1.57. The van der Waals surface area contributed by atoms with Gasteiger partial charge in [-0.25, -0.2) is 0 Å². The Morgan fingerprint density at radius 1 is 0.477 bits per heavy atom. The van der Waals surface area contributed by atoms with Crippen molar-refractivity contribution in [3.05, 3.63) is 144 Å². The van der Waals surface area contributed by atoms with Crippen molar-refractivity contribution in [1.82, 2.24) is 0 Å². The fourth-order valence-corrected chi connectivity index (χ4v) is 4.52. The maximum absolute atomic E-state index is 10.3. The minimum absolute atomic E-state index is 0.0845. The molecule has 6 nitrogen and oxygen atoms in total.